The highest BCUT2D eigenvalue weighted by molar-refractivity contribution is 7.89. The molecule has 0 fully saturated rings. The summed E-state index contributed by atoms with van der Waals surface area (Å²) in [7, 11) is -3.97. The molecule has 1 aromatic rings. The zero-order chi connectivity index (χ0) is 15.5. The number of benzene rings is 1. The third kappa shape index (κ3) is 3.89. The van der Waals surface area contributed by atoms with Crippen molar-refractivity contribution < 1.29 is 13.3 Å². The molecule has 0 spiro atoms. The lowest BCUT2D eigenvalue weighted by Crippen LogP contribution is -2.43. The summed E-state index contributed by atoms with van der Waals surface area (Å²) in [6.45, 7) is 3.74. The molecule has 7 nitrogen and oxygen atoms in total. The van der Waals surface area contributed by atoms with Crippen molar-refractivity contribution in [1.29, 1.82) is 0 Å². The zero-order valence-electron chi connectivity index (χ0n) is 11.0. The van der Waals surface area contributed by atoms with Crippen LogP contribution in [0.3, 0.4) is 0 Å². The van der Waals surface area contributed by atoms with Crippen molar-refractivity contribution in [2.75, 3.05) is 6.54 Å². The van der Waals surface area contributed by atoms with Crippen LogP contribution >= 0.6 is 11.6 Å². The summed E-state index contributed by atoms with van der Waals surface area (Å²) in [6.07, 6.45) is 0. The maximum absolute atomic E-state index is 12.2. The summed E-state index contributed by atoms with van der Waals surface area (Å²) in [4.78, 5) is 9.70. The van der Waals surface area contributed by atoms with E-state index in [1.165, 1.54) is 6.07 Å². The molecule has 0 saturated heterocycles. The van der Waals surface area contributed by atoms with E-state index in [4.69, 9.17) is 17.3 Å². The molecule has 0 radical (unpaired) electrons. The molecule has 0 bridgehead atoms. The van der Waals surface area contributed by atoms with Crippen LogP contribution in [0.5, 0.6) is 0 Å². The molecule has 0 aliphatic rings. The van der Waals surface area contributed by atoms with E-state index in [-0.39, 0.29) is 28.1 Å². The highest BCUT2D eigenvalue weighted by Gasteiger charge is 2.25. The van der Waals surface area contributed by atoms with Gasteiger partial charge in [0.25, 0.3) is 5.69 Å². The molecular formula is C11H16ClN3O4S. The molecule has 9 heteroatoms. The van der Waals surface area contributed by atoms with Crippen LogP contribution in [0.4, 0.5) is 5.69 Å². The van der Waals surface area contributed by atoms with Gasteiger partial charge in [0.05, 0.1) is 9.95 Å². The summed E-state index contributed by atoms with van der Waals surface area (Å²) in [6, 6.07) is 2.78. The second kappa shape index (κ2) is 6.49. The van der Waals surface area contributed by atoms with Crippen LogP contribution < -0.4 is 10.5 Å². The van der Waals surface area contributed by atoms with Crippen molar-refractivity contribution in [1.82, 2.24) is 4.72 Å². The molecule has 20 heavy (non-hydrogen) atoms. The molecule has 112 valence electrons. The Labute approximate surface area is 122 Å². The lowest BCUT2D eigenvalue weighted by Gasteiger charge is -2.20. The van der Waals surface area contributed by atoms with Crippen molar-refractivity contribution >= 4 is 27.3 Å². The van der Waals surface area contributed by atoms with Gasteiger partial charge in [0.1, 0.15) is 4.90 Å². The van der Waals surface area contributed by atoms with Gasteiger partial charge in [0.2, 0.25) is 10.0 Å². The number of hydrogen-bond donors (Lipinski definition) is 2. The lowest BCUT2D eigenvalue weighted by atomic mass is 10.1. The van der Waals surface area contributed by atoms with E-state index in [2.05, 4.69) is 4.72 Å². The smallest absolute Gasteiger partial charge is 0.270 e. The predicted molar refractivity (Wildman–Crippen MR) is 76.1 cm³/mol. The van der Waals surface area contributed by atoms with Crippen LogP contribution in [0.1, 0.15) is 13.8 Å². The minimum Gasteiger partial charge on any atom is -0.329 e. The monoisotopic (exact) mass is 321 g/mol. The number of non-ortho nitro benzene ring substituents is 1. The van der Waals surface area contributed by atoms with Gasteiger partial charge < -0.3 is 5.73 Å². The van der Waals surface area contributed by atoms with Crippen LogP contribution in [0.15, 0.2) is 23.1 Å². The topological polar surface area (TPSA) is 115 Å². The molecule has 0 saturated carbocycles. The molecule has 0 aliphatic carbocycles. The first-order valence-electron chi connectivity index (χ1n) is 5.85. The Morgan fingerprint density at radius 3 is 2.50 bits per heavy atom. The normalized spacial score (nSPS) is 13.4. The number of nitrogens with two attached hydrogens (primary N) is 1. The Hall–Kier alpha value is -1.22. The van der Waals surface area contributed by atoms with Crippen LogP contribution in [0.2, 0.25) is 5.02 Å². The molecule has 0 amide bonds. The van der Waals surface area contributed by atoms with E-state index in [0.717, 1.165) is 12.1 Å². The summed E-state index contributed by atoms with van der Waals surface area (Å²) >= 11 is 5.82. The molecular weight excluding hydrogens is 306 g/mol. The molecule has 1 rings (SSSR count). The third-order valence-corrected chi connectivity index (χ3v) is 4.75. The Bertz CT molecular complexity index is 604. The number of nitrogens with zero attached hydrogens (tertiary/aromatic N) is 1. The maximum Gasteiger partial charge on any atom is 0.270 e. The van der Waals surface area contributed by atoms with E-state index >= 15 is 0 Å². The number of nitro benzene ring substituents is 1. The Morgan fingerprint density at radius 2 is 2.05 bits per heavy atom. The second-order valence-corrected chi connectivity index (χ2v) is 6.67. The van der Waals surface area contributed by atoms with Crippen molar-refractivity contribution in [3.63, 3.8) is 0 Å². The molecule has 3 N–H and O–H groups in total. The van der Waals surface area contributed by atoms with Crippen LogP contribution in [0, 0.1) is 16.0 Å². The maximum atomic E-state index is 12.2. The fourth-order valence-corrected chi connectivity index (χ4v) is 3.45. The van der Waals surface area contributed by atoms with E-state index in [9.17, 15) is 18.5 Å². The van der Waals surface area contributed by atoms with Crippen molar-refractivity contribution in [3.05, 3.63) is 33.3 Å². The highest BCUT2D eigenvalue weighted by Crippen LogP contribution is 2.26. The van der Waals surface area contributed by atoms with E-state index < -0.39 is 21.0 Å². The number of halogens is 1. The zero-order valence-corrected chi connectivity index (χ0v) is 12.6. The SMILES string of the molecule is CC(C)C(CN)NS(=O)(=O)c1cc([N+](=O)[O-])ccc1Cl. The van der Waals surface area contributed by atoms with E-state index in [1.54, 1.807) is 0 Å². The van der Waals surface area contributed by atoms with Gasteiger partial charge in [-0.15, -0.1) is 0 Å². The van der Waals surface area contributed by atoms with Crippen LogP contribution in [-0.2, 0) is 10.0 Å². The molecule has 0 heterocycles. The minimum atomic E-state index is -3.97. The molecule has 1 unspecified atom stereocenters. The number of hydrogen-bond acceptors (Lipinski definition) is 5. The standard InChI is InChI=1S/C11H16ClN3O4S/c1-7(2)10(6-13)14-20(18,19)11-5-8(15(16)17)3-4-9(11)12/h3-5,7,10,14H,6,13H2,1-2H3. The summed E-state index contributed by atoms with van der Waals surface area (Å²) < 4.78 is 26.9. The summed E-state index contributed by atoms with van der Waals surface area (Å²) in [5.74, 6) is -0.0211. The quantitative estimate of drug-likeness (QED) is 0.608. The Balaban J connectivity index is 3.21. The minimum absolute atomic E-state index is 0.0211. The van der Waals surface area contributed by atoms with Gasteiger partial charge in [0, 0.05) is 24.7 Å². The van der Waals surface area contributed by atoms with E-state index in [0.29, 0.717) is 0 Å². The van der Waals surface area contributed by atoms with Gasteiger partial charge in [-0.05, 0) is 12.0 Å². The first-order valence-corrected chi connectivity index (χ1v) is 7.71. The molecule has 1 atom stereocenters. The Kier molecular flexibility index (Phi) is 5.46. The number of rotatable bonds is 6. The van der Waals surface area contributed by atoms with Gasteiger partial charge in [-0.25, -0.2) is 13.1 Å². The second-order valence-electron chi connectivity index (χ2n) is 4.58. The third-order valence-electron chi connectivity index (χ3n) is 2.78. The summed E-state index contributed by atoms with van der Waals surface area (Å²) in [5, 5.41) is 10.6. The van der Waals surface area contributed by atoms with Gasteiger partial charge in [-0.3, -0.25) is 10.1 Å². The fourth-order valence-electron chi connectivity index (χ4n) is 1.53. The van der Waals surface area contributed by atoms with Crippen molar-refractivity contribution in [2.45, 2.75) is 24.8 Å². The van der Waals surface area contributed by atoms with Gasteiger partial charge >= 0.3 is 0 Å². The molecule has 1 aromatic carbocycles. The average Bonchev–Trinajstić information content (AvgIpc) is 2.35. The average molecular weight is 322 g/mol. The fraction of sp³-hybridized carbons (Fsp3) is 0.455. The number of nitro groups is 1. The first kappa shape index (κ1) is 16.8. The van der Waals surface area contributed by atoms with Crippen LogP contribution in [-0.4, -0.2) is 25.9 Å². The van der Waals surface area contributed by atoms with Crippen molar-refractivity contribution in [3.8, 4) is 0 Å². The van der Waals surface area contributed by atoms with Gasteiger partial charge in [-0.1, -0.05) is 25.4 Å². The number of sulfonamides is 1. The first-order chi connectivity index (χ1) is 9.19. The predicted octanol–water partition coefficient (Wildman–Crippen LogP) is 1.51. The van der Waals surface area contributed by atoms with Crippen LogP contribution in [0.25, 0.3) is 0 Å². The Morgan fingerprint density at radius 1 is 1.45 bits per heavy atom. The lowest BCUT2D eigenvalue weighted by molar-refractivity contribution is -0.385. The van der Waals surface area contributed by atoms with Gasteiger partial charge in [-0.2, -0.15) is 0 Å². The number of nitrogens with one attached hydrogen (secondary N) is 1. The van der Waals surface area contributed by atoms with E-state index in [1.807, 2.05) is 13.8 Å². The molecule has 0 aliphatic heterocycles. The summed E-state index contributed by atoms with van der Waals surface area (Å²) in [5.41, 5.74) is 5.16. The highest BCUT2D eigenvalue weighted by atomic mass is 35.5. The molecule has 0 aromatic heterocycles. The van der Waals surface area contributed by atoms with Gasteiger partial charge in [0.15, 0.2) is 0 Å². The van der Waals surface area contributed by atoms with Crippen molar-refractivity contribution in [2.24, 2.45) is 11.7 Å². The largest absolute Gasteiger partial charge is 0.329 e.